The summed E-state index contributed by atoms with van der Waals surface area (Å²) in [7, 11) is -3.58. The van der Waals surface area contributed by atoms with E-state index in [1.807, 2.05) is 0 Å². The van der Waals surface area contributed by atoms with Gasteiger partial charge in [0.1, 0.15) is 0 Å². The SMILES string of the molecule is Cc1c(Cl)cccc1S(=O)(=O)NC1(CN)CCCC1. The second kappa shape index (κ2) is 5.40. The molecule has 0 aliphatic heterocycles. The van der Waals surface area contributed by atoms with Gasteiger partial charge in [0, 0.05) is 17.1 Å². The fourth-order valence-electron chi connectivity index (χ4n) is 2.62. The number of nitrogens with one attached hydrogen (secondary N) is 1. The van der Waals surface area contributed by atoms with Crippen LogP contribution >= 0.6 is 11.6 Å². The molecular formula is C13H19ClN2O2S. The molecule has 19 heavy (non-hydrogen) atoms. The first kappa shape index (κ1) is 14.8. The van der Waals surface area contributed by atoms with E-state index < -0.39 is 15.6 Å². The van der Waals surface area contributed by atoms with E-state index in [-0.39, 0.29) is 4.90 Å². The summed E-state index contributed by atoms with van der Waals surface area (Å²) >= 11 is 5.99. The van der Waals surface area contributed by atoms with Crippen LogP contribution in [-0.2, 0) is 10.0 Å². The molecule has 0 atom stereocenters. The molecule has 106 valence electrons. The van der Waals surface area contributed by atoms with E-state index in [1.54, 1.807) is 25.1 Å². The van der Waals surface area contributed by atoms with Crippen molar-refractivity contribution in [3.05, 3.63) is 28.8 Å². The van der Waals surface area contributed by atoms with Crippen molar-refractivity contribution in [2.45, 2.75) is 43.0 Å². The van der Waals surface area contributed by atoms with Gasteiger partial charge in [-0.15, -0.1) is 0 Å². The topological polar surface area (TPSA) is 72.2 Å². The van der Waals surface area contributed by atoms with Crippen LogP contribution in [0.25, 0.3) is 0 Å². The van der Waals surface area contributed by atoms with E-state index in [1.165, 1.54) is 0 Å². The monoisotopic (exact) mass is 302 g/mol. The average molecular weight is 303 g/mol. The molecule has 1 fully saturated rings. The summed E-state index contributed by atoms with van der Waals surface area (Å²) in [6.07, 6.45) is 3.60. The van der Waals surface area contributed by atoms with Crippen molar-refractivity contribution in [2.75, 3.05) is 6.54 Å². The zero-order valence-electron chi connectivity index (χ0n) is 10.9. The fourth-order valence-corrected chi connectivity index (χ4v) is 4.59. The maximum Gasteiger partial charge on any atom is 0.241 e. The molecule has 0 spiro atoms. The summed E-state index contributed by atoms with van der Waals surface area (Å²) < 4.78 is 27.8. The van der Waals surface area contributed by atoms with E-state index in [0.29, 0.717) is 17.1 Å². The maximum absolute atomic E-state index is 12.5. The number of hydrogen-bond acceptors (Lipinski definition) is 3. The van der Waals surface area contributed by atoms with Crippen LogP contribution < -0.4 is 10.5 Å². The molecule has 6 heteroatoms. The lowest BCUT2D eigenvalue weighted by Gasteiger charge is -2.28. The summed E-state index contributed by atoms with van der Waals surface area (Å²) in [5.41, 5.74) is 5.85. The molecule has 1 aliphatic rings. The standard InChI is InChI=1S/C13H19ClN2O2S/c1-10-11(14)5-4-6-12(10)19(17,18)16-13(9-15)7-2-3-8-13/h4-6,16H,2-3,7-9,15H2,1H3. The highest BCUT2D eigenvalue weighted by Crippen LogP contribution is 2.31. The van der Waals surface area contributed by atoms with Gasteiger partial charge in [-0.25, -0.2) is 13.1 Å². The minimum atomic E-state index is -3.58. The molecule has 1 aromatic carbocycles. The predicted molar refractivity (Wildman–Crippen MR) is 76.8 cm³/mol. The molecule has 2 rings (SSSR count). The highest BCUT2D eigenvalue weighted by molar-refractivity contribution is 7.89. The van der Waals surface area contributed by atoms with Gasteiger partial charge in [-0.1, -0.05) is 30.5 Å². The maximum atomic E-state index is 12.5. The Morgan fingerprint density at radius 3 is 2.58 bits per heavy atom. The van der Waals surface area contributed by atoms with Gasteiger partial charge in [0.2, 0.25) is 10.0 Å². The Hall–Kier alpha value is -0.620. The Bertz CT molecular complexity index is 566. The minimum Gasteiger partial charge on any atom is -0.329 e. The summed E-state index contributed by atoms with van der Waals surface area (Å²) in [5, 5.41) is 0.455. The van der Waals surface area contributed by atoms with Crippen LogP contribution in [0.3, 0.4) is 0 Å². The van der Waals surface area contributed by atoms with Gasteiger partial charge in [-0.2, -0.15) is 0 Å². The molecular weight excluding hydrogens is 284 g/mol. The van der Waals surface area contributed by atoms with Gasteiger partial charge < -0.3 is 5.73 Å². The molecule has 0 radical (unpaired) electrons. The molecule has 1 aromatic rings. The molecule has 3 N–H and O–H groups in total. The van der Waals surface area contributed by atoms with E-state index in [4.69, 9.17) is 17.3 Å². The molecule has 0 saturated heterocycles. The third kappa shape index (κ3) is 2.94. The molecule has 1 aliphatic carbocycles. The molecule has 0 aromatic heterocycles. The van der Waals surface area contributed by atoms with Crippen molar-refractivity contribution in [3.63, 3.8) is 0 Å². The van der Waals surface area contributed by atoms with Crippen LogP contribution in [0.4, 0.5) is 0 Å². The van der Waals surface area contributed by atoms with Crippen LogP contribution in [0.1, 0.15) is 31.2 Å². The molecule has 4 nitrogen and oxygen atoms in total. The number of benzene rings is 1. The van der Waals surface area contributed by atoms with Gasteiger partial charge >= 0.3 is 0 Å². The van der Waals surface area contributed by atoms with Gasteiger partial charge in [-0.05, 0) is 37.5 Å². The highest BCUT2D eigenvalue weighted by Gasteiger charge is 2.37. The summed E-state index contributed by atoms with van der Waals surface area (Å²) in [4.78, 5) is 0.236. The van der Waals surface area contributed by atoms with Crippen molar-refractivity contribution in [1.82, 2.24) is 4.72 Å². The van der Waals surface area contributed by atoms with E-state index >= 15 is 0 Å². The van der Waals surface area contributed by atoms with Crippen molar-refractivity contribution in [2.24, 2.45) is 5.73 Å². The predicted octanol–water partition coefficient (Wildman–Crippen LogP) is 2.20. The van der Waals surface area contributed by atoms with Crippen molar-refractivity contribution in [1.29, 1.82) is 0 Å². The second-order valence-electron chi connectivity index (χ2n) is 5.16. The quantitative estimate of drug-likeness (QED) is 0.895. The molecule has 1 saturated carbocycles. The van der Waals surface area contributed by atoms with Gasteiger partial charge in [0.15, 0.2) is 0 Å². The summed E-state index contributed by atoms with van der Waals surface area (Å²) in [6.45, 7) is 2.03. The van der Waals surface area contributed by atoms with E-state index in [9.17, 15) is 8.42 Å². The highest BCUT2D eigenvalue weighted by atomic mass is 35.5. The van der Waals surface area contributed by atoms with Crippen LogP contribution in [0, 0.1) is 6.92 Å². The lowest BCUT2D eigenvalue weighted by Crippen LogP contribution is -2.51. The van der Waals surface area contributed by atoms with Crippen LogP contribution in [0.15, 0.2) is 23.1 Å². The van der Waals surface area contributed by atoms with Crippen molar-refractivity contribution < 1.29 is 8.42 Å². The number of hydrogen-bond donors (Lipinski definition) is 2. The lowest BCUT2D eigenvalue weighted by atomic mass is 10.0. The number of halogens is 1. The van der Waals surface area contributed by atoms with Crippen molar-refractivity contribution in [3.8, 4) is 0 Å². The van der Waals surface area contributed by atoms with Gasteiger partial charge in [-0.3, -0.25) is 0 Å². The first-order valence-electron chi connectivity index (χ1n) is 6.39. The number of rotatable bonds is 4. The number of nitrogens with two attached hydrogens (primary N) is 1. The van der Waals surface area contributed by atoms with Gasteiger partial charge in [0.05, 0.1) is 4.90 Å². The zero-order valence-corrected chi connectivity index (χ0v) is 12.5. The van der Waals surface area contributed by atoms with Crippen LogP contribution in [-0.4, -0.2) is 20.5 Å². The smallest absolute Gasteiger partial charge is 0.241 e. The second-order valence-corrected chi connectivity index (χ2v) is 7.22. The molecule has 0 bridgehead atoms. The average Bonchev–Trinajstić information content (AvgIpc) is 2.81. The summed E-state index contributed by atoms with van der Waals surface area (Å²) in [6, 6.07) is 4.90. The molecule has 0 unspecified atom stereocenters. The Morgan fingerprint density at radius 1 is 1.37 bits per heavy atom. The van der Waals surface area contributed by atoms with Crippen molar-refractivity contribution >= 4 is 21.6 Å². The Kier molecular flexibility index (Phi) is 4.20. The van der Waals surface area contributed by atoms with Gasteiger partial charge in [0.25, 0.3) is 0 Å². The van der Waals surface area contributed by atoms with E-state index in [0.717, 1.165) is 25.7 Å². The third-order valence-electron chi connectivity index (χ3n) is 3.81. The largest absolute Gasteiger partial charge is 0.329 e. The number of sulfonamides is 1. The Balaban J connectivity index is 2.35. The Morgan fingerprint density at radius 2 is 2.00 bits per heavy atom. The minimum absolute atomic E-state index is 0.236. The summed E-state index contributed by atoms with van der Waals surface area (Å²) in [5.74, 6) is 0. The molecule has 0 heterocycles. The first-order chi connectivity index (χ1) is 8.90. The lowest BCUT2D eigenvalue weighted by molar-refractivity contribution is 0.399. The van der Waals surface area contributed by atoms with Crippen LogP contribution in [0.2, 0.25) is 5.02 Å². The fraction of sp³-hybridized carbons (Fsp3) is 0.538. The van der Waals surface area contributed by atoms with Crippen LogP contribution in [0.5, 0.6) is 0 Å². The zero-order chi connectivity index (χ0) is 14.1. The van der Waals surface area contributed by atoms with E-state index in [2.05, 4.69) is 4.72 Å². The first-order valence-corrected chi connectivity index (χ1v) is 8.25. The Labute approximate surface area is 119 Å². The third-order valence-corrected chi connectivity index (χ3v) is 5.94. The molecule has 0 amide bonds. The normalized spacial score (nSPS) is 18.7.